The Morgan fingerprint density at radius 1 is 1.00 bits per heavy atom. The first-order valence-electron chi connectivity index (χ1n) is 9.12. The molecule has 2 aromatic carbocycles. The molecule has 1 atom stereocenters. The Morgan fingerprint density at radius 3 is 2.44 bits per heavy atom. The van der Waals surface area contributed by atoms with Crippen LogP contribution in [0, 0.1) is 0 Å². The molecule has 0 aliphatic rings. The first-order valence-corrected chi connectivity index (χ1v) is 9.12. The van der Waals surface area contributed by atoms with Gasteiger partial charge in [0.05, 0.1) is 6.61 Å². The number of alkyl carbamates (subject to hydrolysis) is 1. The lowest BCUT2D eigenvalue weighted by atomic mass is 10.1. The number of aryl methyl sites for hydroxylation is 1. The number of rotatable bonds is 11. The predicted molar refractivity (Wildman–Crippen MR) is 103 cm³/mol. The summed E-state index contributed by atoms with van der Waals surface area (Å²) in [6.07, 6.45) is 1.45. The van der Waals surface area contributed by atoms with Crippen molar-refractivity contribution >= 4 is 6.09 Å². The Kier molecular flexibility index (Phi) is 9.17. The highest BCUT2D eigenvalue weighted by Gasteiger charge is 2.04. The van der Waals surface area contributed by atoms with Crippen molar-refractivity contribution < 1.29 is 24.5 Å². The molecule has 0 bridgehead atoms. The number of amides is 1. The van der Waals surface area contributed by atoms with E-state index in [-0.39, 0.29) is 19.8 Å². The molecule has 0 aliphatic heterocycles. The Hall–Kier alpha value is -2.57. The van der Waals surface area contributed by atoms with Gasteiger partial charge in [0.25, 0.3) is 0 Å². The van der Waals surface area contributed by atoms with E-state index in [1.165, 1.54) is 5.56 Å². The van der Waals surface area contributed by atoms with Gasteiger partial charge in [-0.05, 0) is 42.5 Å². The predicted octanol–water partition coefficient (Wildman–Crippen LogP) is 2.67. The molecule has 0 aromatic heterocycles. The fourth-order valence-corrected chi connectivity index (χ4v) is 2.42. The van der Waals surface area contributed by atoms with Gasteiger partial charge in [0.1, 0.15) is 25.1 Å². The number of aliphatic hydroxyl groups excluding tert-OH is 2. The van der Waals surface area contributed by atoms with Crippen molar-refractivity contribution in [3.63, 3.8) is 0 Å². The summed E-state index contributed by atoms with van der Waals surface area (Å²) >= 11 is 0. The molecule has 0 saturated carbocycles. The maximum atomic E-state index is 11.6. The lowest BCUT2D eigenvalue weighted by molar-refractivity contribution is 0.0536. The molecule has 0 aliphatic carbocycles. The van der Waals surface area contributed by atoms with Crippen molar-refractivity contribution in [2.24, 2.45) is 0 Å². The van der Waals surface area contributed by atoms with E-state index in [4.69, 9.17) is 14.6 Å². The van der Waals surface area contributed by atoms with Crippen molar-refractivity contribution in [1.82, 2.24) is 5.32 Å². The van der Waals surface area contributed by atoms with E-state index >= 15 is 0 Å². The van der Waals surface area contributed by atoms with Crippen LogP contribution in [0.25, 0.3) is 0 Å². The molecule has 0 spiro atoms. The van der Waals surface area contributed by atoms with Gasteiger partial charge in [-0.15, -0.1) is 0 Å². The number of aliphatic hydroxyl groups is 2. The minimum atomic E-state index is -0.864. The van der Waals surface area contributed by atoms with Crippen molar-refractivity contribution in [2.45, 2.75) is 32.0 Å². The van der Waals surface area contributed by atoms with E-state index in [1.807, 2.05) is 54.6 Å². The number of carbonyl (C=O) groups is 1. The van der Waals surface area contributed by atoms with Crippen LogP contribution in [0.3, 0.4) is 0 Å². The smallest absolute Gasteiger partial charge is 0.407 e. The summed E-state index contributed by atoms with van der Waals surface area (Å²) in [4.78, 5) is 11.6. The molecule has 3 N–H and O–H groups in total. The molecule has 1 amide bonds. The number of hydrogen-bond donors (Lipinski definition) is 3. The third kappa shape index (κ3) is 8.57. The third-order valence-corrected chi connectivity index (χ3v) is 3.95. The van der Waals surface area contributed by atoms with Gasteiger partial charge in [0, 0.05) is 6.54 Å². The minimum absolute atomic E-state index is 0.0713. The van der Waals surface area contributed by atoms with E-state index in [9.17, 15) is 9.90 Å². The number of carbonyl (C=O) groups excluding carboxylic acids is 1. The Morgan fingerprint density at radius 2 is 1.74 bits per heavy atom. The summed E-state index contributed by atoms with van der Waals surface area (Å²) in [5.74, 6) is 0.661. The van der Waals surface area contributed by atoms with Crippen LogP contribution in [0.15, 0.2) is 54.6 Å². The zero-order valence-electron chi connectivity index (χ0n) is 15.3. The quantitative estimate of drug-likeness (QED) is 0.527. The Balaban J connectivity index is 1.55. The van der Waals surface area contributed by atoms with Gasteiger partial charge >= 0.3 is 6.09 Å². The van der Waals surface area contributed by atoms with E-state index in [0.717, 1.165) is 24.8 Å². The third-order valence-electron chi connectivity index (χ3n) is 3.95. The fourth-order valence-electron chi connectivity index (χ4n) is 2.42. The van der Waals surface area contributed by atoms with E-state index in [0.29, 0.717) is 12.3 Å². The topological polar surface area (TPSA) is 88.0 Å². The highest BCUT2D eigenvalue weighted by Crippen LogP contribution is 2.14. The second kappa shape index (κ2) is 11.9. The highest BCUT2D eigenvalue weighted by atomic mass is 16.5. The summed E-state index contributed by atoms with van der Waals surface area (Å²) < 4.78 is 10.5. The zero-order chi connectivity index (χ0) is 19.3. The van der Waals surface area contributed by atoms with Gasteiger partial charge in [-0.2, -0.15) is 0 Å². The average molecular weight is 373 g/mol. The largest absolute Gasteiger partial charge is 0.491 e. The summed E-state index contributed by atoms with van der Waals surface area (Å²) in [5, 5.41) is 20.8. The zero-order valence-corrected chi connectivity index (χ0v) is 15.3. The van der Waals surface area contributed by atoms with Crippen LogP contribution in [0.4, 0.5) is 4.79 Å². The normalized spacial score (nSPS) is 11.6. The van der Waals surface area contributed by atoms with Crippen molar-refractivity contribution in [1.29, 1.82) is 0 Å². The van der Waals surface area contributed by atoms with Crippen LogP contribution in [0.1, 0.15) is 24.0 Å². The maximum absolute atomic E-state index is 11.6. The number of nitrogens with one attached hydrogen (secondary N) is 1. The number of hydrogen-bond acceptors (Lipinski definition) is 5. The summed E-state index contributed by atoms with van der Waals surface area (Å²) in [6.45, 7) is 0.609. The van der Waals surface area contributed by atoms with Crippen molar-refractivity contribution in [3.8, 4) is 5.75 Å². The first kappa shape index (κ1) is 20.7. The molecule has 2 rings (SSSR count). The highest BCUT2D eigenvalue weighted by molar-refractivity contribution is 5.67. The number of benzene rings is 2. The van der Waals surface area contributed by atoms with Crippen LogP contribution in [-0.2, 0) is 17.8 Å². The molecule has 146 valence electrons. The average Bonchev–Trinajstić information content (AvgIpc) is 2.71. The summed E-state index contributed by atoms with van der Waals surface area (Å²) in [5.41, 5.74) is 2.14. The van der Waals surface area contributed by atoms with E-state index in [1.54, 1.807) is 0 Å². The van der Waals surface area contributed by atoms with Crippen LogP contribution in [0.5, 0.6) is 5.75 Å². The lowest BCUT2D eigenvalue weighted by Crippen LogP contribution is -2.25. The molecule has 1 unspecified atom stereocenters. The summed E-state index contributed by atoms with van der Waals surface area (Å²) in [6, 6.07) is 17.2. The standard InChI is InChI=1S/C21H27NO5/c23-14-19(24)16-26-20-11-9-17(10-12-20)6-4-5-13-22-21(25)27-15-18-7-2-1-3-8-18/h1-3,7-12,19,23-24H,4-6,13-16H2,(H,22,25). The monoisotopic (exact) mass is 373 g/mol. The van der Waals surface area contributed by atoms with E-state index in [2.05, 4.69) is 5.32 Å². The van der Waals surface area contributed by atoms with Crippen LogP contribution < -0.4 is 10.1 Å². The van der Waals surface area contributed by atoms with Crippen LogP contribution in [0.2, 0.25) is 0 Å². The molecular formula is C21H27NO5. The van der Waals surface area contributed by atoms with Crippen molar-refractivity contribution in [3.05, 3.63) is 65.7 Å². The van der Waals surface area contributed by atoms with Crippen LogP contribution >= 0.6 is 0 Å². The Bertz CT molecular complexity index is 660. The van der Waals surface area contributed by atoms with Gasteiger partial charge in [-0.25, -0.2) is 4.79 Å². The molecular weight excluding hydrogens is 346 g/mol. The number of unbranched alkanes of at least 4 members (excludes halogenated alkanes) is 1. The minimum Gasteiger partial charge on any atom is -0.491 e. The molecule has 27 heavy (non-hydrogen) atoms. The summed E-state index contributed by atoms with van der Waals surface area (Å²) in [7, 11) is 0. The number of ether oxygens (including phenoxy) is 2. The SMILES string of the molecule is O=C(NCCCCc1ccc(OCC(O)CO)cc1)OCc1ccccc1. The molecule has 0 fully saturated rings. The molecule has 0 radical (unpaired) electrons. The van der Waals surface area contributed by atoms with Gasteiger partial charge in [0.15, 0.2) is 0 Å². The fraction of sp³-hybridized carbons (Fsp3) is 0.381. The van der Waals surface area contributed by atoms with Gasteiger partial charge < -0.3 is 25.0 Å². The molecule has 6 nitrogen and oxygen atoms in total. The lowest BCUT2D eigenvalue weighted by Gasteiger charge is -2.10. The van der Waals surface area contributed by atoms with Gasteiger partial charge in [-0.3, -0.25) is 0 Å². The molecule has 0 heterocycles. The van der Waals surface area contributed by atoms with Crippen molar-refractivity contribution in [2.75, 3.05) is 19.8 Å². The van der Waals surface area contributed by atoms with Gasteiger partial charge in [0.2, 0.25) is 0 Å². The first-order chi connectivity index (χ1) is 13.2. The Labute approximate surface area is 159 Å². The second-order valence-electron chi connectivity index (χ2n) is 6.24. The molecule has 0 saturated heterocycles. The maximum Gasteiger partial charge on any atom is 0.407 e. The molecule has 6 heteroatoms. The molecule has 2 aromatic rings. The second-order valence-corrected chi connectivity index (χ2v) is 6.24. The van der Waals surface area contributed by atoms with Crippen LogP contribution in [-0.4, -0.2) is 42.2 Å². The van der Waals surface area contributed by atoms with Gasteiger partial charge in [-0.1, -0.05) is 42.5 Å². The van der Waals surface area contributed by atoms with E-state index < -0.39 is 12.2 Å².